The van der Waals surface area contributed by atoms with Crippen LogP contribution in [0, 0.1) is 0 Å². The zero-order chi connectivity index (χ0) is 17.1. The minimum Gasteiger partial charge on any atom is -0.488 e. The average molecular weight is 343 g/mol. The molecule has 0 unspecified atom stereocenters. The largest absolute Gasteiger partial charge is 0.488 e. The van der Waals surface area contributed by atoms with Gasteiger partial charge in [0, 0.05) is 22.5 Å². The summed E-state index contributed by atoms with van der Waals surface area (Å²) in [6.07, 6.45) is 3.20. The summed E-state index contributed by atoms with van der Waals surface area (Å²) in [6.45, 7) is 1.52. The zero-order valence-corrected chi connectivity index (χ0v) is 14.7. The monoisotopic (exact) mass is 343 g/mol. The SMILES string of the molecule is CN(C)CC/C=C1/c2cc(CC(=O)O)ccc2OCc2ccsc21. The summed E-state index contributed by atoms with van der Waals surface area (Å²) in [5, 5.41) is 11.2. The van der Waals surface area contributed by atoms with E-state index in [1.165, 1.54) is 10.4 Å². The molecule has 0 saturated heterocycles. The number of carboxylic acid groups (broad SMARTS) is 1. The van der Waals surface area contributed by atoms with Gasteiger partial charge < -0.3 is 14.7 Å². The van der Waals surface area contributed by atoms with Gasteiger partial charge in [-0.15, -0.1) is 11.3 Å². The summed E-state index contributed by atoms with van der Waals surface area (Å²) < 4.78 is 5.96. The van der Waals surface area contributed by atoms with E-state index in [-0.39, 0.29) is 6.42 Å². The number of benzene rings is 1. The predicted molar refractivity (Wildman–Crippen MR) is 96.7 cm³/mol. The van der Waals surface area contributed by atoms with Gasteiger partial charge in [-0.2, -0.15) is 0 Å². The highest BCUT2D eigenvalue weighted by atomic mass is 32.1. The molecular formula is C19H21NO3S. The van der Waals surface area contributed by atoms with Crippen molar-refractivity contribution in [2.24, 2.45) is 0 Å². The van der Waals surface area contributed by atoms with E-state index in [0.717, 1.165) is 35.4 Å². The lowest BCUT2D eigenvalue weighted by Crippen LogP contribution is -2.12. The Morgan fingerprint density at radius 1 is 1.38 bits per heavy atom. The van der Waals surface area contributed by atoms with Gasteiger partial charge in [0.2, 0.25) is 0 Å². The van der Waals surface area contributed by atoms with Crippen LogP contribution in [0.5, 0.6) is 5.75 Å². The van der Waals surface area contributed by atoms with Crippen LogP contribution in [0.25, 0.3) is 5.57 Å². The van der Waals surface area contributed by atoms with Gasteiger partial charge in [-0.1, -0.05) is 12.1 Å². The molecule has 0 aliphatic carbocycles. The lowest BCUT2D eigenvalue weighted by molar-refractivity contribution is -0.136. The molecule has 0 saturated carbocycles. The Labute approximate surface area is 146 Å². The third-order valence-electron chi connectivity index (χ3n) is 3.99. The van der Waals surface area contributed by atoms with Gasteiger partial charge in [0.25, 0.3) is 0 Å². The Balaban J connectivity index is 2.04. The van der Waals surface area contributed by atoms with Crippen LogP contribution in [0.3, 0.4) is 0 Å². The van der Waals surface area contributed by atoms with Crippen molar-refractivity contribution >= 4 is 22.9 Å². The first-order valence-corrected chi connectivity index (χ1v) is 8.82. The first-order valence-electron chi connectivity index (χ1n) is 7.94. The van der Waals surface area contributed by atoms with Gasteiger partial charge in [-0.25, -0.2) is 0 Å². The van der Waals surface area contributed by atoms with E-state index in [0.29, 0.717) is 6.61 Å². The van der Waals surface area contributed by atoms with Crippen LogP contribution < -0.4 is 4.74 Å². The van der Waals surface area contributed by atoms with Crippen LogP contribution in [0.15, 0.2) is 35.7 Å². The molecule has 24 heavy (non-hydrogen) atoms. The molecule has 1 aliphatic rings. The van der Waals surface area contributed by atoms with Crippen molar-refractivity contribution in [2.45, 2.75) is 19.4 Å². The summed E-state index contributed by atoms with van der Waals surface area (Å²) in [5.41, 5.74) is 4.13. The van der Waals surface area contributed by atoms with Gasteiger partial charge in [0.05, 0.1) is 6.42 Å². The molecule has 2 heterocycles. The fourth-order valence-electron chi connectivity index (χ4n) is 2.83. The van der Waals surface area contributed by atoms with E-state index < -0.39 is 5.97 Å². The third kappa shape index (κ3) is 3.68. The van der Waals surface area contributed by atoms with Crippen LogP contribution >= 0.6 is 11.3 Å². The Bertz CT molecular complexity index is 777. The summed E-state index contributed by atoms with van der Waals surface area (Å²) in [7, 11) is 4.12. The molecule has 1 aromatic carbocycles. The van der Waals surface area contributed by atoms with E-state index in [9.17, 15) is 4.79 Å². The summed E-state index contributed by atoms with van der Waals surface area (Å²) in [4.78, 5) is 14.4. The highest BCUT2D eigenvalue weighted by Gasteiger charge is 2.21. The highest BCUT2D eigenvalue weighted by Crippen LogP contribution is 2.40. The molecule has 1 N–H and O–H groups in total. The van der Waals surface area contributed by atoms with Crippen LogP contribution in [0.2, 0.25) is 0 Å². The second-order valence-corrected chi connectivity index (χ2v) is 7.09. The Morgan fingerprint density at radius 3 is 2.96 bits per heavy atom. The van der Waals surface area contributed by atoms with Crippen molar-refractivity contribution < 1.29 is 14.6 Å². The number of aliphatic carboxylic acids is 1. The first kappa shape index (κ1) is 16.7. The molecular weight excluding hydrogens is 322 g/mol. The van der Waals surface area contributed by atoms with Crippen LogP contribution in [0.1, 0.15) is 28.0 Å². The number of rotatable bonds is 5. The van der Waals surface area contributed by atoms with E-state index in [4.69, 9.17) is 9.84 Å². The van der Waals surface area contributed by atoms with Crippen molar-refractivity contribution in [3.8, 4) is 5.75 Å². The van der Waals surface area contributed by atoms with Gasteiger partial charge in [0.1, 0.15) is 12.4 Å². The standard InChI is InChI=1S/C19H21NO3S/c1-20(2)8-3-4-15-16-10-13(11-18(21)22)5-6-17(16)23-12-14-7-9-24-19(14)15/h4-7,9-10H,3,8,11-12H2,1-2H3,(H,21,22)/b15-4-. The van der Waals surface area contributed by atoms with Crippen LogP contribution in [-0.4, -0.2) is 36.6 Å². The van der Waals surface area contributed by atoms with E-state index in [2.05, 4.69) is 36.5 Å². The normalized spacial score (nSPS) is 14.9. The Kier molecular flexibility index (Phi) is 5.02. The number of carbonyl (C=O) groups is 1. The van der Waals surface area contributed by atoms with Gasteiger partial charge in [0.15, 0.2) is 0 Å². The first-order chi connectivity index (χ1) is 11.5. The topological polar surface area (TPSA) is 49.8 Å². The van der Waals surface area contributed by atoms with Gasteiger partial charge in [-0.05, 0) is 55.2 Å². The molecule has 126 valence electrons. The molecule has 1 aliphatic heterocycles. The minimum absolute atomic E-state index is 0.0234. The lowest BCUT2D eigenvalue weighted by Gasteiger charge is -2.12. The fraction of sp³-hybridized carbons (Fsp3) is 0.316. The number of hydrogen-bond acceptors (Lipinski definition) is 4. The molecule has 4 nitrogen and oxygen atoms in total. The number of carboxylic acids is 1. The maximum absolute atomic E-state index is 11.0. The molecule has 0 bridgehead atoms. The number of hydrogen-bond donors (Lipinski definition) is 1. The van der Waals surface area contributed by atoms with Crippen molar-refractivity contribution in [1.29, 1.82) is 0 Å². The van der Waals surface area contributed by atoms with E-state index in [1.807, 2.05) is 18.2 Å². The molecule has 5 heteroatoms. The Morgan fingerprint density at radius 2 is 2.21 bits per heavy atom. The number of ether oxygens (including phenoxy) is 1. The second-order valence-electron chi connectivity index (χ2n) is 6.17. The second kappa shape index (κ2) is 7.20. The maximum Gasteiger partial charge on any atom is 0.307 e. The van der Waals surface area contributed by atoms with Crippen LogP contribution in [-0.2, 0) is 17.8 Å². The summed E-state index contributed by atoms with van der Waals surface area (Å²) >= 11 is 1.71. The zero-order valence-electron chi connectivity index (χ0n) is 13.9. The quantitative estimate of drug-likeness (QED) is 0.900. The molecule has 0 atom stereocenters. The average Bonchev–Trinajstić information content (AvgIpc) is 2.92. The molecule has 0 amide bonds. The van der Waals surface area contributed by atoms with Crippen molar-refractivity contribution in [3.63, 3.8) is 0 Å². The molecule has 0 fully saturated rings. The van der Waals surface area contributed by atoms with Crippen molar-refractivity contribution in [3.05, 3.63) is 57.3 Å². The summed E-state index contributed by atoms with van der Waals surface area (Å²) in [5.74, 6) is 0.00285. The minimum atomic E-state index is -0.820. The summed E-state index contributed by atoms with van der Waals surface area (Å²) in [6, 6.07) is 7.79. The number of fused-ring (bicyclic) bond motifs is 2. The van der Waals surface area contributed by atoms with Crippen molar-refractivity contribution in [1.82, 2.24) is 4.90 Å². The van der Waals surface area contributed by atoms with Gasteiger partial charge >= 0.3 is 5.97 Å². The predicted octanol–water partition coefficient (Wildman–Crippen LogP) is 3.65. The fourth-order valence-corrected chi connectivity index (χ4v) is 3.80. The molecule has 0 radical (unpaired) electrons. The molecule has 1 aromatic heterocycles. The smallest absolute Gasteiger partial charge is 0.307 e. The molecule has 2 aromatic rings. The van der Waals surface area contributed by atoms with E-state index >= 15 is 0 Å². The third-order valence-corrected chi connectivity index (χ3v) is 4.98. The van der Waals surface area contributed by atoms with E-state index in [1.54, 1.807) is 11.3 Å². The highest BCUT2D eigenvalue weighted by molar-refractivity contribution is 7.11. The molecule has 0 spiro atoms. The Hall–Kier alpha value is -2.11. The van der Waals surface area contributed by atoms with Crippen LogP contribution in [0.4, 0.5) is 0 Å². The number of nitrogens with zero attached hydrogens (tertiary/aromatic N) is 1. The van der Waals surface area contributed by atoms with Crippen molar-refractivity contribution in [2.75, 3.05) is 20.6 Å². The number of thiophene rings is 1. The van der Waals surface area contributed by atoms with Gasteiger partial charge in [-0.3, -0.25) is 4.79 Å². The maximum atomic E-state index is 11.0. The molecule has 3 rings (SSSR count). The lowest BCUT2D eigenvalue weighted by atomic mass is 9.97.